The van der Waals surface area contributed by atoms with Gasteiger partial charge in [0.25, 0.3) is 0 Å². The molecule has 0 atom stereocenters. The Labute approximate surface area is 83.8 Å². The molecule has 2 rings (SSSR count). The second-order valence-electron chi connectivity index (χ2n) is 3.66. The zero-order valence-corrected chi connectivity index (χ0v) is 8.54. The second kappa shape index (κ2) is 3.39. The molecule has 2 nitrogen and oxygen atoms in total. The van der Waals surface area contributed by atoms with Crippen LogP contribution in [-0.4, -0.2) is 4.98 Å². The lowest BCUT2D eigenvalue weighted by Crippen LogP contribution is -2.00. The van der Waals surface area contributed by atoms with Crippen molar-refractivity contribution in [2.75, 3.05) is 0 Å². The highest BCUT2D eigenvalue weighted by Gasteiger charge is 2.01. The van der Waals surface area contributed by atoms with Gasteiger partial charge in [-0.25, -0.2) is 0 Å². The van der Waals surface area contributed by atoms with E-state index in [1.165, 1.54) is 16.5 Å². The third kappa shape index (κ3) is 1.49. The van der Waals surface area contributed by atoms with E-state index in [-0.39, 0.29) is 0 Å². The molecule has 0 bridgehead atoms. The number of rotatable bonds is 1. The van der Waals surface area contributed by atoms with E-state index >= 15 is 0 Å². The molecule has 0 radical (unpaired) electrons. The van der Waals surface area contributed by atoms with Gasteiger partial charge < -0.3 is 5.73 Å². The van der Waals surface area contributed by atoms with Gasteiger partial charge in [-0.2, -0.15) is 0 Å². The standard InChI is InChI=1S/C12H14N2/c1-8-3-4-12-11(5-8)9(2)6-10(7-13)14-12/h3-6H,7,13H2,1-2H3. The number of pyridine rings is 1. The summed E-state index contributed by atoms with van der Waals surface area (Å²) in [6.45, 7) is 4.70. The Morgan fingerprint density at radius 2 is 2.00 bits per heavy atom. The average molecular weight is 186 g/mol. The summed E-state index contributed by atoms with van der Waals surface area (Å²) in [4.78, 5) is 4.47. The van der Waals surface area contributed by atoms with Crippen LogP contribution >= 0.6 is 0 Å². The number of benzene rings is 1. The van der Waals surface area contributed by atoms with E-state index in [1.54, 1.807) is 0 Å². The minimum Gasteiger partial charge on any atom is -0.325 e. The summed E-state index contributed by atoms with van der Waals surface area (Å²) >= 11 is 0. The maximum atomic E-state index is 5.58. The van der Waals surface area contributed by atoms with Gasteiger partial charge in [-0.1, -0.05) is 11.6 Å². The van der Waals surface area contributed by atoms with E-state index in [4.69, 9.17) is 5.73 Å². The first-order valence-electron chi connectivity index (χ1n) is 4.77. The molecule has 1 aromatic heterocycles. The summed E-state index contributed by atoms with van der Waals surface area (Å²) < 4.78 is 0. The van der Waals surface area contributed by atoms with Gasteiger partial charge in [0.15, 0.2) is 0 Å². The second-order valence-corrected chi connectivity index (χ2v) is 3.66. The molecule has 72 valence electrons. The highest BCUT2D eigenvalue weighted by Crippen LogP contribution is 2.18. The maximum Gasteiger partial charge on any atom is 0.0708 e. The smallest absolute Gasteiger partial charge is 0.0708 e. The summed E-state index contributed by atoms with van der Waals surface area (Å²) in [6.07, 6.45) is 0. The molecule has 1 aromatic carbocycles. The van der Waals surface area contributed by atoms with Crippen LogP contribution in [0.1, 0.15) is 16.8 Å². The fourth-order valence-corrected chi connectivity index (χ4v) is 1.68. The Bertz CT molecular complexity index is 475. The van der Waals surface area contributed by atoms with Crippen LogP contribution in [0.15, 0.2) is 24.3 Å². The molecule has 2 heteroatoms. The van der Waals surface area contributed by atoms with Gasteiger partial charge in [-0.15, -0.1) is 0 Å². The lowest BCUT2D eigenvalue weighted by atomic mass is 10.1. The van der Waals surface area contributed by atoms with Crippen molar-refractivity contribution >= 4 is 10.9 Å². The van der Waals surface area contributed by atoms with Gasteiger partial charge in [0.2, 0.25) is 0 Å². The molecule has 0 spiro atoms. The zero-order valence-electron chi connectivity index (χ0n) is 8.54. The minimum atomic E-state index is 0.505. The molecule has 0 unspecified atom stereocenters. The van der Waals surface area contributed by atoms with Crippen LogP contribution in [0.3, 0.4) is 0 Å². The van der Waals surface area contributed by atoms with Gasteiger partial charge in [0.05, 0.1) is 11.2 Å². The van der Waals surface area contributed by atoms with Crippen molar-refractivity contribution in [2.45, 2.75) is 20.4 Å². The Kier molecular flexibility index (Phi) is 2.22. The fourth-order valence-electron chi connectivity index (χ4n) is 1.68. The Hall–Kier alpha value is -1.41. The number of hydrogen-bond donors (Lipinski definition) is 1. The maximum absolute atomic E-state index is 5.58. The van der Waals surface area contributed by atoms with E-state index in [2.05, 4.69) is 43.1 Å². The van der Waals surface area contributed by atoms with Gasteiger partial charge in [-0.05, 0) is 37.6 Å². The topological polar surface area (TPSA) is 38.9 Å². The highest BCUT2D eigenvalue weighted by molar-refractivity contribution is 5.82. The van der Waals surface area contributed by atoms with Gasteiger partial charge >= 0.3 is 0 Å². The first-order chi connectivity index (χ1) is 6.70. The molecule has 0 aliphatic carbocycles. The summed E-state index contributed by atoms with van der Waals surface area (Å²) in [5, 5.41) is 1.22. The van der Waals surface area contributed by atoms with Crippen molar-refractivity contribution < 1.29 is 0 Å². The van der Waals surface area contributed by atoms with Crippen LogP contribution in [0.5, 0.6) is 0 Å². The van der Waals surface area contributed by atoms with Gasteiger partial charge in [-0.3, -0.25) is 4.98 Å². The predicted molar refractivity (Wildman–Crippen MR) is 59.1 cm³/mol. The first-order valence-corrected chi connectivity index (χ1v) is 4.77. The van der Waals surface area contributed by atoms with Crippen LogP contribution in [-0.2, 0) is 6.54 Å². The summed E-state index contributed by atoms with van der Waals surface area (Å²) in [5.74, 6) is 0. The molecule has 1 heterocycles. The van der Waals surface area contributed by atoms with E-state index < -0.39 is 0 Å². The molecule has 0 aliphatic heterocycles. The fraction of sp³-hybridized carbons (Fsp3) is 0.250. The number of aryl methyl sites for hydroxylation is 2. The molecule has 0 saturated carbocycles. The van der Waals surface area contributed by atoms with Crippen molar-refractivity contribution in [3.05, 3.63) is 41.1 Å². The van der Waals surface area contributed by atoms with Crippen LogP contribution in [0, 0.1) is 13.8 Å². The van der Waals surface area contributed by atoms with E-state index in [1.807, 2.05) is 0 Å². The zero-order chi connectivity index (χ0) is 10.1. The molecule has 0 amide bonds. The van der Waals surface area contributed by atoms with E-state index in [0.717, 1.165) is 11.2 Å². The van der Waals surface area contributed by atoms with Gasteiger partial charge in [0, 0.05) is 11.9 Å². The Balaban J connectivity index is 2.76. The van der Waals surface area contributed by atoms with Crippen molar-refractivity contribution in [3.63, 3.8) is 0 Å². The largest absolute Gasteiger partial charge is 0.325 e. The van der Waals surface area contributed by atoms with Crippen molar-refractivity contribution in [1.29, 1.82) is 0 Å². The molecular weight excluding hydrogens is 172 g/mol. The molecule has 2 N–H and O–H groups in total. The molecule has 2 aromatic rings. The quantitative estimate of drug-likeness (QED) is 0.742. The van der Waals surface area contributed by atoms with Crippen LogP contribution in [0.4, 0.5) is 0 Å². The van der Waals surface area contributed by atoms with E-state index in [0.29, 0.717) is 6.54 Å². The third-order valence-corrected chi connectivity index (χ3v) is 2.43. The average Bonchev–Trinajstić information content (AvgIpc) is 2.19. The highest BCUT2D eigenvalue weighted by atomic mass is 14.7. The molecule has 0 aliphatic rings. The van der Waals surface area contributed by atoms with Crippen LogP contribution < -0.4 is 5.73 Å². The molecule has 14 heavy (non-hydrogen) atoms. The summed E-state index contributed by atoms with van der Waals surface area (Å²) in [6, 6.07) is 8.35. The number of nitrogens with zero attached hydrogens (tertiary/aromatic N) is 1. The minimum absolute atomic E-state index is 0.505. The molecular formula is C12H14N2. The van der Waals surface area contributed by atoms with E-state index in [9.17, 15) is 0 Å². The Morgan fingerprint density at radius 1 is 1.21 bits per heavy atom. The number of aromatic nitrogens is 1. The SMILES string of the molecule is Cc1ccc2nc(CN)cc(C)c2c1. The van der Waals surface area contributed by atoms with Crippen molar-refractivity contribution in [1.82, 2.24) is 4.98 Å². The summed E-state index contributed by atoms with van der Waals surface area (Å²) in [5.41, 5.74) is 10.1. The number of hydrogen-bond acceptors (Lipinski definition) is 2. The van der Waals surface area contributed by atoms with Gasteiger partial charge in [0.1, 0.15) is 0 Å². The van der Waals surface area contributed by atoms with Crippen molar-refractivity contribution in [2.24, 2.45) is 5.73 Å². The summed E-state index contributed by atoms with van der Waals surface area (Å²) in [7, 11) is 0. The third-order valence-electron chi connectivity index (χ3n) is 2.43. The molecule has 0 saturated heterocycles. The Morgan fingerprint density at radius 3 is 2.71 bits per heavy atom. The normalized spacial score (nSPS) is 10.8. The monoisotopic (exact) mass is 186 g/mol. The van der Waals surface area contributed by atoms with Crippen LogP contribution in [0.2, 0.25) is 0 Å². The first kappa shape index (κ1) is 9.16. The number of fused-ring (bicyclic) bond motifs is 1. The number of nitrogens with two attached hydrogens (primary N) is 1. The predicted octanol–water partition coefficient (Wildman–Crippen LogP) is 2.31. The lowest BCUT2D eigenvalue weighted by molar-refractivity contribution is 1.00. The molecule has 0 fully saturated rings. The van der Waals surface area contributed by atoms with Crippen LogP contribution in [0.25, 0.3) is 10.9 Å². The van der Waals surface area contributed by atoms with Crippen molar-refractivity contribution in [3.8, 4) is 0 Å². The lowest BCUT2D eigenvalue weighted by Gasteiger charge is -2.05.